The number of carbonyl (C=O) groups excluding carboxylic acids is 1. The molecule has 0 aliphatic heterocycles. The summed E-state index contributed by atoms with van der Waals surface area (Å²) in [5.74, 6) is 0.142. The lowest BCUT2D eigenvalue weighted by atomic mass is 9.80. The van der Waals surface area contributed by atoms with Gasteiger partial charge in [-0.3, -0.25) is 4.79 Å². The molecule has 1 aromatic rings. The van der Waals surface area contributed by atoms with E-state index in [9.17, 15) is 4.79 Å². The minimum atomic E-state index is -0.287. The molecule has 0 saturated heterocycles. The third-order valence-electron chi connectivity index (χ3n) is 5.06. The topological polar surface area (TPSA) is 64.3 Å². The van der Waals surface area contributed by atoms with E-state index in [0.29, 0.717) is 13.0 Å². The third-order valence-corrected chi connectivity index (χ3v) is 5.06. The Morgan fingerprint density at radius 1 is 1.35 bits per heavy atom. The van der Waals surface area contributed by atoms with Crippen molar-refractivity contribution >= 4 is 5.91 Å². The average Bonchev–Trinajstić information content (AvgIpc) is 2.73. The van der Waals surface area contributed by atoms with Gasteiger partial charge in [0.05, 0.1) is 24.5 Å². The average molecular weight is 322 g/mol. The van der Waals surface area contributed by atoms with E-state index in [4.69, 9.17) is 9.84 Å². The molecule has 0 amide bonds. The lowest BCUT2D eigenvalue weighted by Crippen LogP contribution is -2.41. The maximum atomic E-state index is 12.6. The number of hydrogen-bond acceptors (Lipinski definition) is 4. The Labute approximate surface area is 139 Å². The molecule has 1 aromatic heterocycles. The van der Waals surface area contributed by atoms with Gasteiger partial charge in [-0.15, -0.1) is 0 Å². The molecule has 2 rings (SSSR count). The number of aryl methyl sites for hydroxylation is 2. The number of rotatable bonds is 6. The molecule has 1 fully saturated rings. The van der Waals surface area contributed by atoms with Gasteiger partial charge in [0.25, 0.3) is 0 Å². The van der Waals surface area contributed by atoms with E-state index in [1.54, 1.807) is 0 Å². The fourth-order valence-corrected chi connectivity index (χ4v) is 3.77. The molecule has 0 radical (unpaired) electrons. The zero-order chi connectivity index (χ0) is 16.9. The summed E-state index contributed by atoms with van der Waals surface area (Å²) in [7, 11) is 0. The molecular formula is C18H30N2O3. The monoisotopic (exact) mass is 322 g/mol. The summed E-state index contributed by atoms with van der Waals surface area (Å²) in [6.07, 6.45) is 7.07. The number of ether oxygens (including phenoxy) is 1. The van der Waals surface area contributed by atoms with Crippen LogP contribution in [0.3, 0.4) is 0 Å². The van der Waals surface area contributed by atoms with Crippen LogP contribution in [0.25, 0.3) is 0 Å². The highest BCUT2D eigenvalue weighted by Crippen LogP contribution is 2.38. The van der Waals surface area contributed by atoms with Crippen molar-refractivity contribution in [3.05, 3.63) is 17.5 Å². The second-order valence-electron chi connectivity index (χ2n) is 6.89. The Balaban J connectivity index is 2.11. The first-order chi connectivity index (χ1) is 11.0. The van der Waals surface area contributed by atoms with Gasteiger partial charge in [0.1, 0.15) is 0 Å². The first kappa shape index (κ1) is 18.1. The molecule has 5 heteroatoms. The van der Waals surface area contributed by atoms with E-state index in [-0.39, 0.29) is 24.0 Å². The van der Waals surface area contributed by atoms with E-state index < -0.39 is 0 Å². The van der Waals surface area contributed by atoms with Gasteiger partial charge in [0.15, 0.2) is 0 Å². The summed E-state index contributed by atoms with van der Waals surface area (Å²) in [5.41, 5.74) is 1.46. The molecule has 0 aromatic carbocycles. The minimum Gasteiger partial charge on any atom is -0.394 e. The summed E-state index contributed by atoms with van der Waals surface area (Å²) in [6, 6.07) is 1.92. The predicted molar refractivity (Wildman–Crippen MR) is 89.6 cm³/mol. The summed E-state index contributed by atoms with van der Waals surface area (Å²) in [6.45, 7) is 6.29. The van der Waals surface area contributed by atoms with E-state index in [1.165, 1.54) is 17.5 Å². The van der Waals surface area contributed by atoms with Crippen molar-refractivity contribution in [3.63, 3.8) is 0 Å². The molecular weight excluding hydrogens is 292 g/mol. The molecule has 1 atom stereocenters. The van der Waals surface area contributed by atoms with Crippen molar-refractivity contribution in [1.29, 1.82) is 0 Å². The van der Waals surface area contributed by atoms with Gasteiger partial charge in [-0.25, -0.2) is 4.68 Å². The SMILES string of the molecule is Cc1cc(C)n(C(=O)CC(C)C2(OCCO)CCCCCC2)n1. The summed E-state index contributed by atoms with van der Waals surface area (Å²) in [5, 5.41) is 13.5. The van der Waals surface area contributed by atoms with Crippen LogP contribution in [-0.2, 0) is 4.74 Å². The molecule has 130 valence electrons. The van der Waals surface area contributed by atoms with Crippen LogP contribution in [0.15, 0.2) is 6.07 Å². The van der Waals surface area contributed by atoms with E-state index in [2.05, 4.69) is 12.0 Å². The minimum absolute atomic E-state index is 0.0271. The van der Waals surface area contributed by atoms with Crippen molar-refractivity contribution in [2.45, 2.75) is 71.3 Å². The molecule has 0 bridgehead atoms. The first-order valence-electron chi connectivity index (χ1n) is 8.80. The molecule has 1 N–H and O–H groups in total. The van der Waals surface area contributed by atoms with E-state index in [0.717, 1.165) is 37.1 Å². The van der Waals surface area contributed by atoms with E-state index >= 15 is 0 Å². The van der Waals surface area contributed by atoms with Crippen molar-refractivity contribution in [3.8, 4) is 0 Å². The van der Waals surface area contributed by atoms with E-state index in [1.807, 2.05) is 19.9 Å². The van der Waals surface area contributed by atoms with Crippen LogP contribution in [-0.4, -0.2) is 39.6 Å². The maximum absolute atomic E-state index is 12.6. The van der Waals surface area contributed by atoms with Gasteiger partial charge < -0.3 is 9.84 Å². The largest absolute Gasteiger partial charge is 0.394 e. The summed E-state index contributed by atoms with van der Waals surface area (Å²) >= 11 is 0. The lowest BCUT2D eigenvalue weighted by molar-refractivity contribution is -0.102. The second kappa shape index (κ2) is 8.06. The fraction of sp³-hybridized carbons (Fsp3) is 0.778. The van der Waals surface area contributed by atoms with Gasteiger partial charge in [0, 0.05) is 12.1 Å². The van der Waals surface area contributed by atoms with Gasteiger partial charge in [0.2, 0.25) is 5.91 Å². The first-order valence-corrected chi connectivity index (χ1v) is 8.80. The van der Waals surface area contributed by atoms with Gasteiger partial charge >= 0.3 is 0 Å². The molecule has 1 saturated carbocycles. The fourth-order valence-electron chi connectivity index (χ4n) is 3.77. The number of hydrogen-bond donors (Lipinski definition) is 1. The molecule has 1 aliphatic rings. The van der Waals surface area contributed by atoms with Crippen molar-refractivity contribution in [1.82, 2.24) is 9.78 Å². The number of aliphatic hydroxyl groups excluding tert-OH is 1. The Kier molecular flexibility index (Phi) is 6.36. The number of aromatic nitrogens is 2. The Morgan fingerprint density at radius 3 is 2.52 bits per heavy atom. The molecule has 23 heavy (non-hydrogen) atoms. The second-order valence-corrected chi connectivity index (χ2v) is 6.89. The van der Waals surface area contributed by atoms with Crippen LogP contribution in [0.4, 0.5) is 0 Å². The molecule has 1 aliphatic carbocycles. The van der Waals surface area contributed by atoms with Crippen molar-refractivity contribution in [2.75, 3.05) is 13.2 Å². The van der Waals surface area contributed by atoms with Crippen LogP contribution in [0.1, 0.15) is 68.1 Å². The van der Waals surface area contributed by atoms with Crippen LogP contribution >= 0.6 is 0 Å². The number of carbonyl (C=O) groups is 1. The van der Waals surface area contributed by atoms with Crippen LogP contribution in [0.2, 0.25) is 0 Å². The highest BCUT2D eigenvalue weighted by atomic mass is 16.5. The zero-order valence-corrected chi connectivity index (χ0v) is 14.7. The number of nitrogens with zero attached hydrogens (tertiary/aromatic N) is 2. The summed E-state index contributed by atoms with van der Waals surface area (Å²) < 4.78 is 7.62. The molecule has 0 spiro atoms. The predicted octanol–water partition coefficient (Wildman–Crippen LogP) is 3.27. The van der Waals surface area contributed by atoms with Gasteiger partial charge in [-0.2, -0.15) is 5.10 Å². The Bertz CT molecular complexity index is 516. The highest BCUT2D eigenvalue weighted by molar-refractivity contribution is 5.79. The highest BCUT2D eigenvalue weighted by Gasteiger charge is 2.38. The zero-order valence-electron chi connectivity index (χ0n) is 14.7. The number of aliphatic hydroxyl groups is 1. The molecule has 1 unspecified atom stereocenters. The van der Waals surface area contributed by atoms with Crippen molar-refractivity contribution < 1.29 is 14.6 Å². The lowest BCUT2D eigenvalue weighted by Gasteiger charge is -2.38. The standard InChI is InChI=1S/C18H30N2O3/c1-14(12-17(22)20-16(3)13-15(2)19-20)18(23-11-10-21)8-6-4-5-7-9-18/h13-14,21H,4-12H2,1-3H3. The molecule has 1 heterocycles. The van der Waals surface area contributed by atoms with Gasteiger partial charge in [-0.05, 0) is 38.7 Å². The molecule has 5 nitrogen and oxygen atoms in total. The Hall–Kier alpha value is -1.20. The van der Waals surface area contributed by atoms with Crippen LogP contribution in [0.5, 0.6) is 0 Å². The maximum Gasteiger partial charge on any atom is 0.247 e. The van der Waals surface area contributed by atoms with Crippen LogP contribution < -0.4 is 0 Å². The van der Waals surface area contributed by atoms with Crippen molar-refractivity contribution in [2.24, 2.45) is 5.92 Å². The van der Waals surface area contributed by atoms with Crippen LogP contribution in [0, 0.1) is 19.8 Å². The third kappa shape index (κ3) is 4.42. The smallest absolute Gasteiger partial charge is 0.247 e. The van der Waals surface area contributed by atoms with Gasteiger partial charge in [-0.1, -0.05) is 32.6 Å². The summed E-state index contributed by atoms with van der Waals surface area (Å²) in [4.78, 5) is 12.6. The Morgan fingerprint density at radius 2 is 2.00 bits per heavy atom. The quantitative estimate of drug-likeness (QED) is 0.816. The normalized spacial score (nSPS) is 19.3.